The van der Waals surface area contributed by atoms with Gasteiger partial charge in [-0.2, -0.15) is 0 Å². The molecule has 142 valence electrons. The van der Waals surface area contributed by atoms with Crippen molar-refractivity contribution in [3.63, 3.8) is 0 Å². The van der Waals surface area contributed by atoms with Gasteiger partial charge in [-0.3, -0.25) is 4.79 Å². The molecule has 2 unspecified atom stereocenters. The molecule has 2 atom stereocenters. The van der Waals surface area contributed by atoms with Crippen LogP contribution in [0.15, 0.2) is 24.3 Å². The minimum atomic E-state index is -0.493. The van der Waals surface area contributed by atoms with Crippen LogP contribution in [0.1, 0.15) is 62.4 Å². The molecule has 2 heterocycles. The molecule has 5 nitrogen and oxygen atoms in total. The summed E-state index contributed by atoms with van der Waals surface area (Å²) in [6, 6.07) is 7.90. The Bertz CT molecular complexity index is 648. The molecule has 1 amide bonds. The fourth-order valence-electron chi connectivity index (χ4n) is 4.17. The van der Waals surface area contributed by atoms with Gasteiger partial charge in [0.2, 0.25) is 0 Å². The normalized spacial score (nSPS) is 25.2. The molecule has 1 aromatic rings. The third kappa shape index (κ3) is 4.09. The van der Waals surface area contributed by atoms with Crippen LogP contribution in [0, 0.1) is 5.92 Å². The first-order valence-corrected chi connectivity index (χ1v) is 9.42. The highest BCUT2D eigenvalue weighted by molar-refractivity contribution is 5.98. The number of fused-ring (bicyclic) bond motifs is 2. The number of ketones is 1. The number of amides is 1. The first-order chi connectivity index (χ1) is 12.3. The van der Waals surface area contributed by atoms with Crippen LogP contribution in [0.5, 0.6) is 0 Å². The smallest absolute Gasteiger partial charge is 0.410 e. The van der Waals surface area contributed by atoms with E-state index >= 15 is 0 Å². The molecular formula is C21H29NO4. The Morgan fingerprint density at radius 1 is 1.08 bits per heavy atom. The molecule has 2 fully saturated rings. The molecule has 0 saturated carbocycles. The molecule has 2 aliphatic rings. The highest BCUT2D eigenvalue weighted by atomic mass is 16.6. The molecule has 2 saturated heterocycles. The van der Waals surface area contributed by atoms with E-state index in [1.165, 1.54) is 0 Å². The van der Waals surface area contributed by atoms with Crippen molar-refractivity contribution >= 4 is 11.9 Å². The number of rotatable bonds is 4. The van der Waals surface area contributed by atoms with E-state index in [9.17, 15) is 9.59 Å². The van der Waals surface area contributed by atoms with E-state index in [0.717, 1.165) is 36.8 Å². The molecule has 2 aliphatic heterocycles. The van der Waals surface area contributed by atoms with Crippen LogP contribution in [0.2, 0.25) is 0 Å². The standard InChI is InChI=1S/C21H29NO4/c1-21(2,3)26-20(24)22-17-9-10-18(22)12-16(11-17)19(23)15-7-5-14(6-8-15)13-25-4/h5-8,16-18H,9-13H2,1-4H3. The number of carbonyl (C=O) groups excluding carboxylic acids is 2. The van der Waals surface area contributed by atoms with Gasteiger partial charge in [0, 0.05) is 30.7 Å². The minimum absolute atomic E-state index is 0.0144. The van der Waals surface area contributed by atoms with Gasteiger partial charge in [0.1, 0.15) is 5.60 Å². The Morgan fingerprint density at radius 3 is 2.15 bits per heavy atom. The quantitative estimate of drug-likeness (QED) is 0.756. The molecule has 0 aliphatic carbocycles. The summed E-state index contributed by atoms with van der Waals surface area (Å²) in [5.74, 6) is 0.175. The summed E-state index contributed by atoms with van der Waals surface area (Å²) in [5, 5.41) is 0. The molecule has 0 N–H and O–H groups in total. The number of piperidine rings is 1. The van der Waals surface area contributed by atoms with E-state index in [2.05, 4.69) is 0 Å². The lowest BCUT2D eigenvalue weighted by Crippen LogP contribution is -2.49. The summed E-state index contributed by atoms with van der Waals surface area (Å²) in [4.78, 5) is 27.3. The number of Topliss-reactive ketones (excluding diaryl/α,β-unsaturated/α-hetero) is 1. The lowest BCUT2D eigenvalue weighted by Gasteiger charge is -2.39. The lowest BCUT2D eigenvalue weighted by molar-refractivity contribution is 0.00254. The molecule has 0 radical (unpaired) electrons. The average Bonchev–Trinajstić information content (AvgIpc) is 2.84. The fourth-order valence-corrected chi connectivity index (χ4v) is 4.17. The molecule has 0 spiro atoms. The zero-order valence-corrected chi connectivity index (χ0v) is 16.2. The summed E-state index contributed by atoms with van der Waals surface area (Å²) in [5.41, 5.74) is 1.32. The van der Waals surface area contributed by atoms with Crippen molar-refractivity contribution in [1.82, 2.24) is 4.90 Å². The fraction of sp³-hybridized carbons (Fsp3) is 0.619. The van der Waals surface area contributed by atoms with Gasteiger partial charge in [-0.15, -0.1) is 0 Å². The van der Waals surface area contributed by atoms with Gasteiger partial charge < -0.3 is 14.4 Å². The van der Waals surface area contributed by atoms with Gasteiger partial charge in [-0.1, -0.05) is 24.3 Å². The van der Waals surface area contributed by atoms with Gasteiger partial charge in [0.15, 0.2) is 5.78 Å². The van der Waals surface area contributed by atoms with Gasteiger partial charge in [-0.05, 0) is 52.0 Å². The second-order valence-electron chi connectivity index (χ2n) is 8.44. The van der Waals surface area contributed by atoms with E-state index in [0.29, 0.717) is 6.61 Å². The summed E-state index contributed by atoms with van der Waals surface area (Å²) >= 11 is 0. The van der Waals surface area contributed by atoms with Gasteiger partial charge >= 0.3 is 6.09 Å². The molecule has 3 rings (SSSR count). The molecule has 5 heteroatoms. The van der Waals surface area contributed by atoms with Crippen molar-refractivity contribution in [1.29, 1.82) is 0 Å². The number of hydrogen-bond donors (Lipinski definition) is 0. The van der Waals surface area contributed by atoms with Crippen LogP contribution in [0.25, 0.3) is 0 Å². The van der Waals surface area contributed by atoms with E-state index in [1.54, 1.807) is 7.11 Å². The van der Waals surface area contributed by atoms with E-state index in [1.807, 2.05) is 49.9 Å². The predicted octanol–water partition coefficient (Wildman–Crippen LogP) is 4.19. The van der Waals surface area contributed by atoms with E-state index in [4.69, 9.17) is 9.47 Å². The van der Waals surface area contributed by atoms with Crippen LogP contribution >= 0.6 is 0 Å². The van der Waals surface area contributed by atoms with Crippen molar-refractivity contribution in [2.24, 2.45) is 5.92 Å². The largest absolute Gasteiger partial charge is 0.444 e. The SMILES string of the molecule is COCc1ccc(C(=O)C2CC3CCC(C2)N3C(=O)OC(C)(C)C)cc1. The topological polar surface area (TPSA) is 55.8 Å². The summed E-state index contributed by atoms with van der Waals surface area (Å²) in [6.07, 6.45) is 3.14. The second kappa shape index (κ2) is 7.39. The monoisotopic (exact) mass is 359 g/mol. The van der Waals surface area contributed by atoms with E-state index in [-0.39, 0.29) is 29.9 Å². The first-order valence-electron chi connectivity index (χ1n) is 9.42. The molecule has 26 heavy (non-hydrogen) atoms. The number of ether oxygens (including phenoxy) is 2. The molecule has 2 bridgehead atoms. The zero-order valence-electron chi connectivity index (χ0n) is 16.2. The van der Waals surface area contributed by atoms with Gasteiger partial charge in [0.25, 0.3) is 0 Å². The third-order valence-electron chi connectivity index (χ3n) is 5.26. The van der Waals surface area contributed by atoms with Crippen LogP contribution in [-0.4, -0.2) is 41.6 Å². The average molecular weight is 359 g/mol. The highest BCUT2D eigenvalue weighted by Crippen LogP contribution is 2.40. The van der Waals surface area contributed by atoms with Crippen LogP contribution in [0.4, 0.5) is 4.79 Å². The van der Waals surface area contributed by atoms with E-state index < -0.39 is 5.60 Å². The van der Waals surface area contributed by atoms with Crippen molar-refractivity contribution in [3.8, 4) is 0 Å². The summed E-state index contributed by atoms with van der Waals surface area (Å²) in [7, 11) is 1.66. The Balaban J connectivity index is 1.66. The van der Waals surface area contributed by atoms with Crippen molar-refractivity contribution < 1.29 is 19.1 Å². The van der Waals surface area contributed by atoms with Gasteiger partial charge in [0.05, 0.1) is 6.61 Å². The minimum Gasteiger partial charge on any atom is -0.444 e. The number of nitrogens with zero attached hydrogens (tertiary/aromatic N) is 1. The van der Waals surface area contributed by atoms with Crippen molar-refractivity contribution in [2.45, 2.75) is 70.7 Å². The Hall–Kier alpha value is -1.88. The van der Waals surface area contributed by atoms with Crippen LogP contribution in [0.3, 0.4) is 0 Å². The third-order valence-corrected chi connectivity index (χ3v) is 5.26. The molecule has 1 aromatic carbocycles. The molecule has 0 aromatic heterocycles. The maximum atomic E-state index is 12.9. The number of carbonyl (C=O) groups is 2. The Kier molecular flexibility index (Phi) is 5.37. The summed E-state index contributed by atoms with van der Waals surface area (Å²) < 4.78 is 10.7. The Morgan fingerprint density at radius 2 is 1.65 bits per heavy atom. The molecular weight excluding hydrogens is 330 g/mol. The maximum absolute atomic E-state index is 12.9. The number of hydrogen-bond acceptors (Lipinski definition) is 4. The summed E-state index contributed by atoms with van der Waals surface area (Å²) in [6.45, 7) is 6.20. The first kappa shape index (κ1) is 18.9. The van der Waals surface area contributed by atoms with Gasteiger partial charge in [-0.25, -0.2) is 4.79 Å². The lowest BCUT2D eigenvalue weighted by atomic mass is 9.85. The van der Waals surface area contributed by atoms with Crippen molar-refractivity contribution in [2.75, 3.05) is 7.11 Å². The zero-order chi connectivity index (χ0) is 18.9. The second-order valence-corrected chi connectivity index (χ2v) is 8.44. The van der Waals surface area contributed by atoms with Crippen molar-refractivity contribution in [3.05, 3.63) is 35.4 Å². The number of methoxy groups -OCH3 is 1. The predicted molar refractivity (Wildman–Crippen MR) is 99.1 cm³/mol. The highest BCUT2D eigenvalue weighted by Gasteiger charge is 2.46. The van der Waals surface area contributed by atoms with Crippen LogP contribution < -0.4 is 0 Å². The number of benzene rings is 1. The van der Waals surface area contributed by atoms with Crippen LogP contribution in [-0.2, 0) is 16.1 Å². The Labute approximate surface area is 155 Å². The maximum Gasteiger partial charge on any atom is 0.410 e.